The number of carbonyl (C=O) groups is 1. The number of nitrogens with zero attached hydrogens (tertiary/aromatic N) is 4. The predicted molar refractivity (Wildman–Crippen MR) is 112 cm³/mol. The van der Waals surface area contributed by atoms with Gasteiger partial charge in [-0.15, -0.1) is 0 Å². The third-order valence-corrected chi connectivity index (χ3v) is 5.54. The van der Waals surface area contributed by atoms with Gasteiger partial charge in [-0.3, -0.25) is 14.4 Å². The zero-order valence-electron chi connectivity index (χ0n) is 18.1. The van der Waals surface area contributed by atoms with Crippen molar-refractivity contribution in [1.82, 2.24) is 19.6 Å². The van der Waals surface area contributed by atoms with Crippen LogP contribution in [0.25, 0.3) is 0 Å². The molecule has 1 atom stereocenters. The largest absolute Gasteiger partial charge is 0.497 e. The molecule has 1 aromatic heterocycles. The van der Waals surface area contributed by atoms with Gasteiger partial charge in [0, 0.05) is 44.0 Å². The summed E-state index contributed by atoms with van der Waals surface area (Å²) in [4.78, 5) is 17.2. The van der Waals surface area contributed by atoms with E-state index in [1.807, 2.05) is 54.6 Å². The fourth-order valence-electron chi connectivity index (χ4n) is 3.88. The molecule has 7 nitrogen and oxygen atoms in total. The smallest absolute Gasteiger partial charge is 0.227 e. The molecule has 1 aliphatic heterocycles. The van der Waals surface area contributed by atoms with E-state index in [0.29, 0.717) is 6.54 Å². The number of benzene rings is 1. The summed E-state index contributed by atoms with van der Waals surface area (Å²) in [6.45, 7) is 10.6. The van der Waals surface area contributed by atoms with Crippen LogP contribution in [0.4, 0.5) is 0 Å². The molecule has 3 rings (SSSR count). The quantitative estimate of drug-likeness (QED) is 0.715. The Labute approximate surface area is 173 Å². The highest BCUT2D eigenvalue weighted by atomic mass is 16.5. The molecule has 1 saturated heterocycles. The lowest BCUT2D eigenvalue weighted by atomic mass is 10.1. The maximum atomic E-state index is 12.9. The van der Waals surface area contributed by atoms with Gasteiger partial charge in [-0.05, 0) is 38.1 Å². The van der Waals surface area contributed by atoms with Crippen molar-refractivity contribution < 1.29 is 14.3 Å². The Morgan fingerprint density at radius 1 is 1.10 bits per heavy atom. The molecule has 7 heteroatoms. The molecule has 2 heterocycles. The molecule has 1 amide bonds. The molecule has 1 aromatic carbocycles. The summed E-state index contributed by atoms with van der Waals surface area (Å²) in [5, 5.41) is 4.48. The van der Waals surface area contributed by atoms with Gasteiger partial charge in [0.25, 0.3) is 0 Å². The van der Waals surface area contributed by atoms with Crippen molar-refractivity contribution in [2.75, 3.05) is 40.4 Å². The number of aromatic nitrogens is 2. The summed E-state index contributed by atoms with van der Waals surface area (Å²) in [6, 6.07) is 7.91. The number of amides is 1. The normalized spacial score (nSPS) is 16.0. The van der Waals surface area contributed by atoms with Gasteiger partial charge in [0.05, 0.1) is 32.4 Å². The standard InChI is InChI=1S/C22H32N4O3/c1-16(14-26-18(3)12-17(2)23-26)22(27)25-10-8-24(9-11-25)15-19-13-20(28-4)6-7-21(19)29-5/h6-7,12-13,16H,8-11,14-15H2,1-5H3. The van der Waals surface area contributed by atoms with Crippen LogP contribution in [0.15, 0.2) is 24.3 Å². The Balaban J connectivity index is 1.55. The lowest BCUT2D eigenvalue weighted by Gasteiger charge is -2.36. The average Bonchev–Trinajstić information content (AvgIpc) is 3.04. The minimum atomic E-state index is -0.0852. The zero-order chi connectivity index (χ0) is 21.0. The Morgan fingerprint density at radius 3 is 2.41 bits per heavy atom. The summed E-state index contributed by atoms with van der Waals surface area (Å²) in [7, 11) is 3.36. The van der Waals surface area contributed by atoms with Crippen molar-refractivity contribution in [2.45, 2.75) is 33.9 Å². The summed E-state index contributed by atoms with van der Waals surface area (Å²) in [6.07, 6.45) is 0. The van der Waals surface area contributed by atoms with Crippen LogP contribution in [-0.4, -0.2) is 65.9 Å². The van der Waals surface area contributed by atoms with Crippen molar-refractivity contribution in [3.8, 4) is 11.5 Å². The number of carbonyl (C=O) groups excluding carboxylic acids is 1. The van der Waals surface area contributed by atoms with Gasteiger partial charge in [-0.1, -0.05) is 6.92 Å². The molecule has 1 fully saturated rings. The predicted octanol–water partition coefficient (Wildman–Crippen LogP) is 2.50. The van der Waals surface area contributed by atoms with Gasteiger partial charge in [0.1, 0.15) is 11.5 Å². The Bertz CT molecular complexity index is 841. The van der Waals surface area contributed by atoms with Crippen molar-refractivity contribution in [3.05, 3.63) is 41.2 Å². The molecule has 0 spiro atoms. The molecule has 2 aromatic rings. The molecule has 0 saturated carbocycles. The van der Waals surface area contributed by atoms with Gasteiger partial charge in [-0.2, -0.15) is 5.10 Å². The molecular formula is C22H32N4O3. The zero-order valence-corrected chi connectivity index (χ0v) is 18.1. The van der Waals surface area contributed by atoms with E-state index < -0.39 is 0 Å². The highest BCUT2D eigenvalue weighted by molar-refractivity contribution is 5.78. The van der Waals surface area contributed by atoms with Gasteiger partial charge >= 0.3 is 0 Å². The van der Waals surface area contributed by atoms with Gasteiger partial charge in [-0.25, -0.2) is 0 Å². The lowest BCUT2D eigenvalue weighted by molar-refractivity contribution is -0.137. The van der Waals surface area contributed by atoms with Crippen molar-refractivity contribution in [2.24, 2.45) is 5.92 Å². The molecule has 1 aliphatic rings. The molecule has 1 unspecified atom stereocenters. The number of rotatable bonds is 7. The minimum absolute atomic E-state index is 0.0852. The van der Waals surface area contributed by atoms with Crippen LogP contribution in [-0.2, 0) is 17.9 Å². The first-order valence-corrected chi connectivity index (χ1v) is 10.1. The van der Waals surface area contributed by atoms with E-state index in [1.54, 1.807) is 14.2 Å². The first-order valence-electron chi connectivity index (χ1n) is 10.1. The Hall–Kier alpha value is -2.54. The molecule has 158 valence electrons. The highest BCUT2D eigenvalue weighted by Gasteiger charge is 2.26. The SMILES string of the molecule is COc1ccc(OC)c(CN2CCN(C(=O)C(C)Cn3nc(C)cc3C)CC2)c1. The summed E-state index contributed by atoms with van der Waals surface area (Å²) in [5.74, 6) is 1.81. The van der Waals surface area contributed by atoms with E-state index >= 15 is 0 Å². The third-order valence-electron chi connectivity index (χ3n) is 5.54. The molecule has 0 bridgehead atoms. The Morgan fingerprint density at radius 2 is 1.83 bits per heavy atom. The Kier molecular flexibility index (Phi) is 6.79. The van der Waals surface area contributed by atoms with Gasteiger partial charge in [0.15, 0.2) is 0 Å². The molecular weight excluding hydrogens is 368 g/mol. The van der Waals surface area contributed by atoms with Crippen LogP contribution < -0.4 is 9.47 Å². The fraction of sp³-hybridized carbons (Fsp3) is 0.545. The maximum absolute atomic E-state index is 12.9. The first kappa shape index (κ1) is 21.2. The van der Waals surface area contributed by atoms with Crippen LogP contribution in [0.3, 0.4) is 0 Å². The number of hydrogen-bond acceptors (Lipinski definition) is 5. The number of methoxy groups -OCH3 is 2. The monoisotopic (exact) mass is 400 g/mol. The summed E-state index contributed by atoms with van der Waals surface area (Å²) < 4.78 is 12.8. The number of ether oxygens (including phenoxy) is 2. The number of piperazine rings is 1. The minimum Gasteiger partial charge on any atom is -0.497 e. The van der Waals surface area contributed by atoms with Crippen LogP contribution in [0.1, 0.15) is 23.9 Å². The van der Waals surface area contributed by atoms with E-state index in [9.17, 15) is 4.79 Å². The average molecular weight is 401 g/mol. The molecule has 0 radical (unpaired) electrons. The van der Waals surface area contributed by atoms with Crippen molar-refractivity contribution >= 4 is 5.91 Å². The highest BCUT2D eigenvalue weighted by Crippen LogP contribution is 2.25. The van der Waals surface area contributed by atoms with Crippen LogP contribution in [0, 0.1) is 19.8 Å². The lowest BCUT2D eigenvalue weighted by Crippen LogP contribution is -2.50. The first-order chi connectivity index (χ1) is 13.9. The van der Waals surface area contributed by atoms with E-state index in [-0.39, 0.29) is 11.8 Å². The van der Waals surface area contributed by atoms with Gasteiger partial charge < -0.3 is 14.4 Å². The third kappa shape index (κ3) is 5.09. The van der Waals surface area contributed by atoms with Crippen molar-refractivity contribution in [3.63, 3.8) is 0 Å². The summed E-state index contributed by atoms with van der Waals surface area (Å²) >= 11 is 0. The second-order valence-electron chi connectivity index (χ2n) is 7.79. The van der Waals surface area contributed by atoms with Crippen LogP contribution >= 0.6 is 0 Å². The molecule has 0 aliphatic carbocycles. The summed E-state index contributed by atoms with van der Waals surface area (Å²) in [5.41, 5.74) is 3.19. The second-order valence-corrected chi connectivity index (χ2v) is 7.79. The van der Waals surface area contributed by atoms with Crippen LogP contribution in [0.2, 0.25) is 0 Å². The molecule has 29 heavy (non-hydrogen) atoms. The van der Waals surface area contributed by atoms with E-state index in [0.717, 1.165) is 61.2 Å². The maximum Gasteiger partial charge on any atom is 0.227 e. The number of hydrogen-bond donors (Lipinski definition) is 0. The van der Waals surface area contributed by atoms with E-state index in [4.69, 9.17) is 9.47 Å². The number of aryl methyl sites for hydroxylation is 2. The van der Waals surface area contributed by atoms with Crippen molar-refractivity contribution in [1.29, 1.82) is 0 Å². The fourth-order valence-corrected chi connectivity index (χ4v) is 3.88. The van der Waals surface area contributed by atoms with E-state index in [2.05, 4.69) is 10.00 Å². The van der Waals surface area contributed by atoms with Crippen LogP contribution in [0.5, 0.6) is 11.5 Å². The topological polar surface area (TPSA) is 59.8 Å². The van der Waals surface area contributed by atoms with Gasteiger partial charge in [0.2, 0.25) is 5.91 Å². The molecule has 0 N–H and O–H groups in total. The second kappa shape index (κ2) is 9.31. The van der Waals surface area contributed by atoms with E-state index in [1.165, 1.54) is 0 Å².